The summed E-state index contributed by atoms with van der Waals surface area (Å²) in [5, 5.41) is 4.97. The van der Waals surface area contributed by atoms with Crippen LogP contribution < -0.4 is 4.90 Å². The second-order valence-electron chi connectivity index (χ2n) is 17.7. The molecule has 9 aromatic carbocycles. The number of nitrogens with zero attached hydrogens (tertiary/aromatic N) is 2. The second-order valence-corrected chi connectivity index (χ2v) is 17.7. The Kier molecular flexibility index (Phi) is 7.36. The lowest BCUT2D eigenvalue weighted by atomic mass is 9.82. The van der Waals surface area contributed by atoms with Crippen LogP contribution in [0.3, 0.4) is 0 Å². The van der Waals surface area contributed by atoms with Crippen LogP contribution in [0, 0.1) is 0 Å². The zero-order valence-corrected chi connectivity index (χ0v) is 34.4. The van der Waals surface area contributed by atoms with Crippen molar-refractivity contribution in [3.8, 4) is 39.1 Å². The number of aromatic nitrogens is 1. The fourth-order valence-electron chi connectivity index (χ4n) is 10.9. The number of para-hydroxylation sites is 2. The number of hydrogen-bond donors (Lipinski definition) is 0. The second kappa shape index (κ2) is 12.7. The summed E-state index contributed by atoms with van der Waals surface area (Å²) in [6.07, 6.45) is 0. The molecule has 0 bridgehead atoms. The van der Waals surface area contributed by atoms with Gasteiger partial charge in [0.1, 0.15) is 0 Å². The highest BCUT2D eigenvalue weighted by atomic mass is 15.1. The fourth-order valence-corrected chi connectivity index (χ4v) is 10.9. The third-order valence-corrected chi connectivity index (χ3v) is 13.8. The topological polar surface area (TPSA) is 8.17 Å². The zero-order valence-electron chi connectivity index (χ0n) is 34.4. The van der Waals surface area contributed by atoms with E-state index in [1.54, 1.807) is 0 Å². The summed E-state index contributed by atoms with van der Waals surface area (Å²) in [5.41, 5.74) is 20.1. The molecule has 0 amide bonds. The molecule has 2 nitrogen and oxygen atoms in total. The third-order valence-electron chi connectivity index (χ3n) is 13.8. The molecule has 0 aliphatic heterocycles. The lowest BCUT2D eigenvalue weighted by molar-refractivity contribution is 0.660. The number of fused-ring (bicyclic) bond motifs is 10. The van der Waals surface area contributed by atoms with Gasteiger partial charge in [-0.05, 0) is 104 Å². The summed E-state index contributed by atoms with van der Waals surface area (Å²) in [6.45, 7) is 9.47. The fraction of sp³-hybridized carbons (Fsp3) is 0.103. The average Bonchev–Trinajstić information content (AvgIpc) is 3.84. The Morgan fingerprint density at radius 3 is 1.68 bits per heavy atom. The molecule has 2 aliphatic carbocycles. The van der Waals surface area contributed by atoms with Crippen molar-refractivity contribution in [1.29, 1.82) is 0 Å². The van der Waals surface area contributed by atoms with Crippen molar-refractivity contribution >= 4 is 49.6 Å². The van der Waals surface area contributed by atoms with Crippen molar-refractivity contribution in [2.45, 2.75) is 38.5 Å². The molecule has 0 saturated heterocycles. The number of anilines is 3. The summed E-state index contributed by atoms with van der Waals surface area (Å²) in [7, 11) is 0. The molecule has 0 spiro atoms. The minimum Gasteiger partial charge on any atom is -0.309 e. The van der Waals surface area contributed by atoms with E-state index in [-0.39, 0.29) is 10.8 Å². The first kappa shape index (κ1) is 34.8. The SMILES string of the molecule is CC1(C)c2ccccc2-c2cc(N(c3cccc4c3-c3ccccc3C4(C)C)c3cccc4c(-c5cccc(-n6c7ccccc7c7ccccc76)c5)cccc34)ccc21. The zero-order chi connectivity index (χ0) is 40.3. The molecule has 0 atom stereocenters. The maximum Gasteiger partial charge on any atom is 0.0543 e. The first-order valence-electron chi connectivity index (χ1n) is 21.2. The van der Waals surface area contributed by atoms with Gasteiger partial charge in [-0.2, -0.15) is 0 Å². The predicted molar refractivity (Wildman–Crippen MR) is 254 cm³/mol. The molecule has 12 rings (SSSR count). The molecular weight excluding hydrogens is 725 g/mol. The first-order valence-corrected chi connectivity index (χ1v) is 21.2. The van der Waals surface area contributed by atoms with Gasteiger partial charge in [0.25, 0.3) is 0 Å². The number of hydrogen-bond acceptors (Lipinski definition) is 1. The van der Waals surface area contributed by atoms with Gasteiger partial charge in [0.05, 0.1) is 22.4 Å². The van der Waals surface area contributed by atoms with Crippen LogP contribution in [-0.2, 0) is 10.8 Å². The van der Waals surface area contributed by atoms with Crippen molar-refractivity contribution in [2.75, 3.05) is 4.90 Å². The summed E-state index contributed by atoms with van der Waals surface area (Å²) >= 11 is 0. The van der Waals surface area contributed by atoms with E-state index in [9.17, 15) is 0 Å². The molecule has 0 radical (unpaired) electrons. The van der Waals surface area contributed by atoms with Crippen LogP contribution in [0.5, 0.6) is 0 Å². The van der Waals surface area contributed by atoms with Crippen LogP contribution in [-0.4, -0.2) is 4.57 Å². The molecule has 1 heterocycles. The average molecular weight is 769 g/mol. The standard InChI is InChI=1S/C58H44N2/c1-57(2)48-26-9-5-19-42(48)47-36-39(33-34-50(47)57)60(55-32-16-28-51-56(55)46-22-6-10-27-49(46)58(51,3)4)54-31-15-24-41-40(23-14-25-43(41)54)37-17-13-18-38(35-37)59-52-29-11-7-20-44(52)45-21-8-12-30-53(45)59/h5-36H,1-4H3. The summed E-state index contributed by atoms with van der Waals surface area (Å²) in [4.78, 5) is 2.55. The molecule has 2 aliphatic rings. The lowest BCUT2D eigenvalue weighted by Gasteiger charge is -2.31. The van der Waals surface area contributed by atoms with E-state index in [0.29, 0.717) is 0 Å². The Balaban J connectivity index is 1.09. The van der Waals surface area contributed by atoms with E-state index in [2.05, 4.69) is 231 Å². The molecule has 0 unspecified atom stereocenters. The van der Waals surface area contributed by atoms with Crippen molar-refractivity contribution < 1.29 is 0 Å². The smallest absolute Gasteiger partial charge is 0.0543 e. The van der Waals surface area contributed by atoms with E-state index in [1.165, 1.54) is 93.9 Å². The quantitative estimate of drug-likeness (QED) is 0.169. The molecule has 60 heavy (non-hydrogen) atoms. The van der Waals surface area contributed by atoms with Gasteiger partial charge in [0, 0.05) is 43.9 Å². The number of benzene rings is 9. The first-order chi connectivity index (χ1) is 29.3. The summed E-state index contributed by atoms with van der Waals surface area (Å²) in [6, 6.07) is 72.4. The van der Waals surface area contributed by atoms with E-state index in [4.69, 9.17) is 0 Å². The normalized spacial score (nSPS) is 14.3. The third kappa shape index (κ3) is 4.82. The molecule has 0 N–H and O–H groups in total. The van der Waals surface area contributed by atoms with E-state index in [1.807, 2.05) is 0 Å². The minimum atomic E-state index is -0.123. The van der Waals surface area contributed by atoms with Crippen molar-refractivity contribution in [3.63, 3.8) is 0 Å². The molecule has 1 aromatic heterocycles. The summed E-state index contributed by atoms with van der Waals surface area (Å²) < 4.78 is 2.41. The van der Waals surface area contributed by atoms with Gasteiger partial charge < -0.3 is 9.47 Å². The summed E-state index contributed by atoms with van der Waals surface area (Å²) in [5.74, 6) is 0. The largest absolute Gasteiger partial charge is 0.309 e. The minimum absolute atomic E-state index is 0.0750. The van der Waals surface area contributed by atoms with E-state index < -0.39 is 0 Å². The van der Waals surface area contributed by atoms with E-state index in [0.717, 1.165) is 17.1 Å². The molecule has 10 aromatic rings. The van der Waals surface area contributed by atoms with Crippen molar-refractivity contribution in [1.82, 2.24) is 4.57 Å². The van der Waals surface area contributed by atoms with Crippen LogP contribution in [0.2, 0.25) is 0 Å². The van der Waals surface area contributed by atoms with Crippen molar-refractivity contribution in [2.24, 2.45) is 0 Å². The van der Waals surface area contributed by atoms with Crippen LogP contribution in [0.15, 0.2) is 194 Å². The number of rotatable bonds is 5. The van der Waals surface area contributed by atoms with Crippen molar-refractivity contribution in [3.05, 3.63) is 216 Å². The Bertz CT molecular complexity index is 3340. The van der Waals surface area contributed by atoms with Gasteiger partial charge in [-0.3, -0.25) is 0 Å². The maximum absolute atomic E-state index is 2.55. The van der Waals surface area contributed by atoms with Gasteiger partial charge in [-0.1, -0.05) is 173 Å². The van der Waals surface area contributed by atoms with Gasteiger partial charge >= 0.3 is 0 Å². The van der Waals surface area contributed by atoms with E-state index >= 15 is 0 Å². The molecular formula is C58H44N2. The molecule has 2 heteroatoms. The molecule has 286 valence electrons. The van der Waals surface area contributed by atoms with Crippen LogP contribution in [0.25, 0.3) is 71.6 Å². The Morgan fingerprint density at radius 1 is 0.367 bits per heavy atom. The Labute approximate surface area is 351 Å². The maximum atomic E-state index is 2.55. The monoisotopic (exact) mass is 768 g/mol. The Morgan fingerprint density at radius 2 is 0.900 bits per heavy atom. The van der Waals surface area contributed by atoms with Gasteiger partial charge in [0.15, 0.2) is 0 Å². The van der Waals surface area contributed by atoms with Gasteiger partial charge in [-0.25, -0.2) is 0 Å². The highest BCUT2D eigenvalue weighted by Gasteiger charge is 2.39. The van der Waals surface area contributed by atoms with Crippen LogP contribution in [0.1, 0.15) is 49.9 Å². The highest BCUT2D eigenvalue weighted by molar-refractivity contribution is 6.10. The van der Waals surface area contributed by atoms with Crippen LogP contribution >= 0.6 is 0 Å². The van der Waals surface area contributed by atoms with Crippen LogP contribution in [0.4, 0.5) is 17.1 Å². The highest BCUT2D eigenvalue weighted by Crippen LogP contribution is 2.56. The lowest BCUT2D eigenvalue weighted by Crippen LogP contribution is -2.17. The van der Waals surface area contributed by atoms with Gasteiger partial charge in [0.2, 0.25) is 0 Å². The molecule has 0 fully saturated rings. The molecule has 0 saturated carbocycles. The Hall–Kier alpha value is -7.16. The predicted octanol–water partition coefficient (Wildman–Crippen LogP) is 15.7. The van der Waals surface area contributed by atoms with Gasteiger partial charge in [-0.15, -0.1) is 0 Å².